The van der Waals surface area contributed by atoms with Gasteiger partial charge in [0.1, 0.15) is 5.82 Å². The summed E-state index contributed by atoms with van der Waals surface area (Å²) in [6, 6.07) is 3.81. The number of pyridine rings is 1. The zero-order chi connectivity index (χ0) is 16.9. The summed E-state index contributed by atoms with van der Waals surface area (Å²) in [6.45, 7) is 8.63. The van der Waals surface area contributed by atoms with E-state index in [4.69, 9.17) is 5.73 Å². The molecule has 1 fully saturated rings. The zero-order valence-corrected chi connectivity index (χ0v) is 17.1. The van der Waals surface area contributed by atoms with Gasteiger partial charge in [0.2, 0.25) is 0 Å². The minimum atomic E-state index is -0.402. The van der Waals surface area contributed by atoms with Crippen LogP contribution in [0.15, 0.2) is 18.3 Å². The Morgan fingerprint density at radius 3 is 2.28 bits per heavy atom. The first-order valence-electron chi connectivity index (χ1n) is 8.70. The molecular weight excluding hydrogens is 359 g/mol. The molecule has 1 unspecified atom stereocenters. The molecular formula is C18H32Cl2N4O. The smallest absolute Gasteiger partial charge is 0.253 e. The van der Waals surface area contributed by atoms with Gasteiger partial charge in [0, 0.05) is 25.8 Å². The molecule has 0 aromatic carbocycles. The van der Waals surface area contributed by atoms with Gasteiger partial charge in [-0.15, -0.1) is 24.8 Å². The van der Waals surface area contributed by atoms with Crippen molar-refractivity contribution >= 4 is 36.5 Å². The molecule has 0 aliphatic carbocycles. The standard InChI is InChI=1S/C18H30N4O.2ClH/c1-14(2)18(3,13-19)21-17(23)15-8-9-16(20-12-15)22-10-6-4-5-7-11-22;;/h8-9,12,14H,4-7,10-11,13,19H2,1-3H3,(H,21,23);2*1H. The predicted molar refractivity (Wildman–Crippen MR) is 109 cm³/mol. The van der Waals surface area contributed by atoms with E-state index in [9.17, 15) is 4.79 Å². The van der Waals surface area contributed by atoms with Crippen LogP contribution in [0.2, 0.25) is 0 Å². The van der Waals surface area contributed by atoms with Crippen LogP contribution in [0.25, 0.3) is 0 Å². The van der Waals surface area contributed by atoms with Gasteiger partial charge in [0.15, 0.2) is 0 Å². The van der Waals surface area contributed by atoms with Crippen molar-refractivity contribution in [2.75, 3.05) is 24.5 Å². The summed E-state index contributed by atoms with van der Waals surface area (Å²) in [5, 5.41) is 3.05. The van der Waals surface area contributed by atoms with Crippen molar-refractivity contribution in [3.8, 4) is 0 Å². The molecule has 2 rings (SSSR count). The van der Waals surface area contributed by atoms with Crippen LogP contribution in [-0.2, 0) is 0 Å². The molecule has 25 heavy (non-hydrogen) atoms. The second-order valence-corrected chi connectivity index (χ2v) is 7.04. The Morgan fingerprint density at radius 1 is 1.24 bits per heavy atom. The van der Waals surface area contributed by atoms with Gasteiger partial charge in [-0.25, -0.2) is 4.98 Å². The Kier molecular flexibility index (Phi) is 10.4. The molecule has 1 aromatic rings. The first-order valence-corrected chi connectivity index (χ1v) is 8.70. The van der Waals surface area contributed by atoms with Gasteiger partial charge < -0.3 is 16.0 Å². The van der Waals surface area contributed by atoms with Gasteiger partial charge in [-0.3, -0.25) is 4.79 Å². The predicted octanol–water partition coefficient (Wildman–Crippen LogP) is 3.41. The SMILES string of the molecule is CC(C)C(C)(CN)NC(=O)c1ccc(N2CCCCCC2)nc1.Cl.Cl. The number of carbonyl (C=O) groups excluding carboxylic acids is 1. The monoisotopic (exact) mass is 390 g/mol. The van der Waals surface area contributed by atoms with Crippen molar-refractivity contribution in [3.63, 3.8) is 0 Å². The maximum absolute atomic E-state index is 12.4. The number of carbonyl (C=O) groups is 1. The number of amides is 1. The Labute approximate surface area is 164 Å². The molecule has 2 heterocycles. The minimum Gasteiger partial charge on any atom is -0.357 e. The van der Waals surface area contributed by atoms with Gasteiger partial charge in [-0.05, 0) is 37.8 Å². The van der Waals surface area contributed by atoms with Gasteiger partial charge in [-0.1, -0.05) is 26.7 Å². The molecule has 3 N–H and O–H groups in total. The van der Waals surface area contributed by atoms with Crippen molar-refractivity contribution in [2.24, 2.45) is 11.7 Å². The molecule has 0 bridgehead atoms. The first-order chi connectivity index (χ1) is 11.0. The van der Waals surface area contributed by atoms with Gasteiger partial charge in [0.25, 0.3) is 5.91 Å². The van der Waals surface area contributed by atoms with Crippen molar-refractivity contribution in [1.29, 1.82) is 0 Å². The van der Waals surface area contributed by atoms with E-state index in [-0.39, 0.29) is 36.6 Å². The first kappa shape index (κ1) is 24.0. The lowest BCUT2D eigenvalue weighted by Crippen LogP contribution is -2.55. The van der Waals surface area contributed by atoms with Crippen LogP contribution in [-0.4, -0.2) is 36.1 Å². The highest BCUT2D eigenvalue weighted by molar-refractivity contribution is 5.94. The van der Waals surface area contributed by atoms with Crippen molar-refractivity contribution in [2.45, 2.75) is 52.0 Å². The largest absolute Gasteiger partial charge is 0.357 e. The summed E-state index contributed by atoms with van der Waals surface area (Å²) in [7, 11) is 0. The molecule has 7 heteroatoms. The maximum atomic E-state index is 12.4. The summed E-state index contributed by atoms with van der Waals surface area (Å²) in [6.07, 6.45) is 6.70. The molecule has 1 aliphatic rings. The number of anilines is 1. The minimum absolute atomic E-state index is 0. The highest BCUT2D eigenvalue weighted by Crippen LogP contribution is 2.19. The molecule has 0 radical (unpaired) electrons. The Morgan fingerprint density at radius 2 is 1.84 bits per heavy atom. The number of rotatable bonds is 5. The normalized spacial score (nSPS) is 16.9. The van der Waals surface area contributed by atoms with Crippen LogP contribution >= 0.6 is 24.8 Å². The van der Waals surface area contributed by atoms with E-state index < -0.39 is 5.54 Å². The Balaban J connectivity index is 0.00000288. The average Bonchev–Trinajstić information content (AvgIpc) is 2.84. The highest BCUT2D eigenvalue weighted by Gasteiger charge is 2.29. The lowest BCUT2D eigenvalue weighted by atomic mass is 9.88. The number of nitrogens with two attached hydrogens (primary N) is 1. The Hall–Kier alpha value is -1.04. The third kappa shape index (κ3) is 6.32. The van der Waals surface area contributed by atoms with Gasteiger partial charge in [0.05, 0.1) is 11.1 Å². The van der Waals surface area contributed by atoms with Crippen LogP contribution in [0.5, 0.6) is 0 Å². The molecule has 1 saturated heterocycles. The van der Waals surface area contributed by atoms with Gasteiger partial charge >= 0.3 is 0 Å². The molecule has 0 saturated carbocycles. The third-order valence-corrected chi connectivity index (χ3v) is 5.04. The van der Waals surface area contributed by atoms with E-state index in [0.717, 1.165) is 18.9 Å². The second-order valence-electron chi connectivity index (χ2n) is 7.04. The third-order valence-electron chi connectivity index (χ3n) is 5.04. The van der Waals surface area contributed by atoms with Crippen LogP contribution in [0.4, 0.5) is 5.82 Å². The van der Waals surface area contributed by atoms with E-state index in [1.807, 2.05) is 19.1 Å². The fraction of sp³-hybridized carbons (Fsp3) is 0.667. The fourth-order valence-corrected chi connectivity index (χ4v) is 2.77. The average molecular weight is 391 g/mol. The molecule has 1 atom stereocenters. The number of nitrogens with one attached hydrogen (secondary N) is 1. The molecule has 1 amide bonds. The number of halogens is 2. The van der Waals surface area contributed by atoms with E-state index in [1.54, 1.807) is 6.20 Å². The lowest BCUT2D eigenvalue weighted by molar-refractivity contribution is 0.0883. The summed E-state index contributed by atoms with van der Waals surface area (Å²) in [5.41, 5.74) is 6.02. The molecule has 1 aliphatic heterocycles. The summed E-state index contributed by atoms with van der Waals surface area (Å²) in [5.74, 6) is 1.12. The van der Waals surface area contributed by atoms with Crippen molar-refractivity contribution < 1.29 is 4.79 Å². The van der Waals surface area contributed by atoms with E-state index in [1.165, 1.54) is 25.7 Å². The number of hydrogen-bond donors (Lipinski definition) is 2. The highest BCUT2D eigenvalue weighted by atomic mass is 35.5. The summed E-state index contributed by atoms with van der Waals surface area (Å²) in [4.78, 5) is 19.3. The summed E-state index contributed by atoms with van der Waals surface area (Å²) >= 11 is 0. The second kappa shape index (κ2) is 10.8. The van der Waals surface area contributed by atoms with Gasteiger partial charge in [-0.2, -0.15) is 0 Å². The van der Waals surface area contributed by atoms with E-state index >= 15 is 0 Å². The maximum Gasteiger partial charge on any atom is 0.253 e. The van der Waals surface area contributed by atoms with Crippen LogP contribution in [0.1, 0.15) is 56.8 Å². The van der Waals surface area contributed by atoms with Crippen LogP contribution in [0, 0.1) is 5.92 Å². The van der Waals surface area contributed by atoms with Crippen molar-refractivity contribution in [3.05, 3.63) is 23.9 Å². The number of aromatic nitrogens is 1. The quantitative estimate of drug-likeness (QED) is 0.807. The lowest BCUT2D eigenvalue weighted by Gasteiger charge is -2.33. The topological polar surface area (TPSA) is 71.2 Å². The molecule has 144 valence electrons. The molecule has 0 spiro atoms. The molecule has 5 nitrogen and oxygen atoms in total. The zero-order valence-electron chi connectivity index (χ0n) is 15.5. The fourth-order valence-electron chi connectivity index (χ4n) is 2.77. The number of nitrogens with zero attached hydrogens (tertiary/aromatic N) is 2. The number of hydrogen-bond acceptors (Lipinski definition) is 4. The summed E-state index contributed by atoms with van der Waals surface area (Å²) < 4.78 is 0. The molecule has 1 aromatic heterocycles. The van der Waals surface area contributed by atoms with E-state index in [2.05, 4.69) is 29.0 Å². The van der Waals surface area contributed by atoms with Crippen molar-refractivity contribution in [1.82, 2.24) is 10.3 Å². The Bertz CT molecular complexity index is 516. The van der Waals surface area contributed by atoms with Crippen LogP contribution < -0.4 is 16.0 Å². The van der Waals surface area contributed by atoms with Crippen LogP contribution in [0.3, 0.4) is 0 Å². The van der Waals surface area contributed by atoms with E-state index in [0.29, 0.717) is 12.1 Å².